The molecule has 24 heavy (non-hydrogen) atoms. The minimum absolute atomic E-state index is 0.0695. The Labute approximate surface area is 142 Å². The summed E-state index contributed by atoms with van der Waals surface area (Å²) in [5.41, 5.74) is 1.91. The number of hydrogen-bond acceptors (Lipinski definition) is 3. The number of carbonyl (C=O) groups excluding carboxylic acids is 1. The smallest absolute Gasteiger partial charge is 0.319 e. The van der Waals surface area contributed by atoms with Gasteiger partial charge in [0.1, 0.15) is 0 Å². The van der Waals surface area contributed by atoms with Crippen molar-refractivity contribution < 1.29 is 14.3 Å². The molecule has 130 valence electrons. The van der Waals surface area contributed by atoms with Crippen LogP contribution in [0.5, 0.6) is 11.5 Å². The average Bonchev–Trinajstić information content (AvgIpc) is 2.97. The van der Waals surface area contributed by atoms with Crippen molar-refractivity contribution in [3.05, 3.63) is 42.2 Å². The fourth-order valence-corrected chi connectivity index (χ4v) is 2.50. The highest BCUT2D eigenvalue weighted by Gasteiger charge is 2.10. The number of amides is 2. The highest BCUT2D eigenvalue weighted by molar-refractivity contribution is 5.89. The normalized spacial score (nSPS) is 11.7. The number of aromatic nitrogens is 1. The van der Waals surface area contributed by atoms with Gasteiger partial charge in [-0.15, -0.1) is 0 Å². The molecule has 0 aliphatic rings. The third-order valence-corrected chi connectivity index (χ3v) is 3.90. The molecule has 2 amide bonds. The standard InChI is InChI=1S/C18H25N3O3/c1-13(7-9-15-6-5-11-21(15)2)19-18(22)20-14-8-10-16(23-3)17(12-14)24-4/h5-6,8,10-13H,7,9H2,1-4H3,(H2,19,20,22)/t13-/m0/s1. The second-order valence-electron chi connectivity index (χ2n) is 5.72. The van der Waals surface area contributed by atoms with Crippen LogP contribution in [0.2, 0.25) is 0 Å². The first kappa shape index (κ1) is 17.7. The maximum atomic E-state index is 12.1. The molecule has 0 unspecified atom stereocenters. The lowest BCUT2D eigenvalue weighted by molar-refractivity contribution is 0.248. The molecule has 6 heteroatoms. The largest absolute Gasteiger partial charge is 0.493 e. The number of methoxy groups -OCH3 is 2. The van der Waals surface area contributed by atoms with E-state index in [9.17, 15) is 4.79 Å². The molecule has 0 saturated heterocycles. The fourth-order valence-electron chi connectivity index (χ4n) is 2.50. The van der Waals surface area contributed by atoms with E-state index in [1.807, 2.05) is 26.2 Å². The second kappa shape index (κ2) is 8.29. The summed E-state index contributed by atoms with van der Waals surface area (Å²) in [4.78, 5) is 12.1. The van der Waals surface area contributed by atoms with E-state index in [-0.39, 0.29) is 12.1 Å². The van der Waals surface area contributed by atoms with Crippen LogP contribution < -0.4 is 20.1 Å². The fraction of sp³-hybridized carbons (Fsp3) is 0.389. The van der Waals surface area contributed by atoms with E-state index in [0.717, 1.165) is 12.8 Å². The van der Waals surface area contributed by atoms with Crippen molar-refractivity contribution in [2.24, 2.45) is 7.05 Å². The summed E-state index contributed by atoms with van der Waals surface area (Å²) in [6, 6.07) is 9.21. The zero-order valence-electron chi connectivity index (χ0n) is 14.6. The first-order chi connectivity index (χ1) is 11.5. The van der Waals surface area contributed by atoms with Crippen LogP contribution in [-0.2, 0) is 13.5 Å². The van der Waals surface area contributed by atoms with Gasteiger partial charge in [-0.05, 0) is 44.0 Å². The first-order valence-corrected chi connectivity index (χ1v) is 7.93. The third-order valence-electron chi connectivity index (χ3n) is 3.90. The zero-order chi connectivity index (χ0) is 17.5. The number of urea groups is 1. The van der Waals surface area contributed by atoms with Crippen LogP contribution in [0.4, 0.5) is 10.5 Å². The molecule has 1 atom stereocenters. The third kappa shape index (κ3) is 4.68. The van der Waals surface area contributed by atoms with Gasteiger partial charge in [-0.25, -0.2) is 4.79 Å². The quantitative estimate of drug-likeness (QED) is 0.819. The van der Waals surface area contributed by atoms with Crippen molar-refractivity contribution in [2.75, 3.05) is 19.5 Å². The summed E-state index contributed by atoms with van der Waals surface area (Å²) in [6.45, 7) is 2.00. The Morgan fingerprint density at radius 1 is 1.21 bits per heavy atom. The van der Waals surface area contributed by atoms with Crippen LogP contribution in [0, 0.1) is 0 Å². The Morgan fingerprint density at radius 3 is 2.58 bits per heavy atom. The van der Waals surface area contributed by atoms with Gasteiger partial charge in [0.2, 0.25) is 0 Å². The van der Waals surface area contributed by atoms with E-state index < -0.39 is 0 Å². The van der Waals surface area contributed by atoms with Gasteiger partial charge in [0.25, 0.3) is 0 Å². The van der Waals surface area contributed by atoms with Crippen molar-refractivity contribution in [1.29, 1.82) is 0 Å². The Hall–Kier alpha value is -2.63. The Kier molecular flexibility index (Phi) is 6.12. The van der Waals surface area contributed by atoms with Crippen LogP contribution in [-0.4, -0.2) is 30.9 Å². The molecule has 1 aromatic heterocycles. The van der Waals surface area contributed by atoms with Crippen LogP contribution in [0.3, 0.4) is 0 Å². The van der Waals surface area contributed by atoms with E-state index in [2.05, 4.69) is 21.3 Å². The van der Waals surface area contributed by atoms with E-state index in [0.29, 0.717) is 17.2 Å². The van der Waals surface area contributed by atoms with Crippen molar-refractivity contribution in [3.63, 3.8) is 0 Å². The molecular weight excluding hydrogens is 306 g/mol. The molecule has 0 radical (unpaired) electrons. The van der Waals surface area contributed by atoms with Gasteiger partial charge in [-0.3, -0.25) is 0 Å². The topological polar surface area (TPSA) is 64.5 Å². The number of benzene rings is 1. The number of hydrogen-bond donors (Lipinski definition) is 2. The Bertz CT molecular complexity index is 682. The molecule has 2 N–H and O–H groups in total. The summed E-state index contributed by atoms with van der Waals surface area (Å²) in [7, 11) is 5.16. The minimum atomic E-state index is -0.235. The van der Waals surface area contributed by atoms with Crippen molar-refractivity contribution in [3.8, 4) is 11.5 Å². The van der Waals surface area contributed by atoms with E-state index in [1.54, 1.807) is 32.4 Å². The van der Waals surface area contributed by atoms with E-state index in [1.165, 1.54) is 5.69 Å². The molecular formula is C18H25N3O3. The summed E-state index contributed by atoms with van der Waals surface area (Å²) in [5, 5.41) is 5.76. The predicted molar refractivity (Wildman–Crippen MR) is 94.9 cm³/mol. The van der Waals surface area contributed by atoms with Crippen molar-refractivity contribution >= 4 is 11.7 Å². The van der Waals surface area contributed by atoms with Gasteiger partial charge < -0.3 is 24.7 Å². The number of nitrogens with one attached hydrogen (secondary N) is 2. The molecule has 0 bridgehead atoms. The Morgan fingerprint density at radius 2 is 1.96 bits per heavy atom. The van der Waals surface area contributed by atoms with Crippen LogP contribution in [0.1, 0.15) is 19.0 Å². The summed E-state index contributed by atoms with van der Waals surface area (Å²) < 4.78 is 12.5. The summed E-state index contributed by atoms with van der Waals surface area (Å²) in [6.07, 6.45) is 3.82. The zero-order valence-corrected chi connectivity index (χ0v) is 14.6. The number of nitrogens with zero attached hydrogens (tertiary/aromatic N) is 1. The lowest BCUT2D eigenvalue weighted by Crippen LogP contribution is -2.36. The van der Waals surface area contributed by atoms with Gasteiger partial charge >= 0.3 is 6.03 Å². The van der Waals surface area contributed by atoms with E-state index >= 15 is 0 Å². The molecule has 6 nitrogen and oxygen atoms in total. The van der Waals surface area contributed by atoms with E-state index in [4.69, 9.17) is 9.47 Å². The number of rotatable bonds is 7. The lowest BCUT2D eigenvalue weighted by Gasteiger charge is -2.16. The van der Waals surface area contributed by atoms with Crippen molar-refractivity contribution in [1.82, 2.24) is 9.88 Å². The van der Waals surface area contributed by atoms with Crippen LogP contribution in [0.15, 0.2) is 36.5 Å². The van der Waals surface area contributed by atoms with Gasteiger partial charge in [-0.1, -0.05) is 0 Å². The highest BCUT2D eigenvalue weighted by atomic mass is 16.5. The van der Waals surface area contributed by atoms with Crippen LogP contribution >= 0.6 is 0 Å². The average molecular weight is 331 g/mol. The molecule has 1 aromatic carbocycles. The summed E-state index contributed by atoms with van der Waals surface area (Å²) in [5.74, 6) is 1.20. The van der Waals surface area contributed by atoms with Gasteiger partial charge in [-0.2, -0.15) is 0 Å². The molecule has 2 rings (SSSR count). The summed E-state index contributed by atoms with van der Waals surface area (Å²) >= 11 is 0. The molecule has 0 aliphatic carbocycles. The first-order valence-electron chi connectivity index (χ1n) is 7.93. The SMILES string of the molecule is COc1ccc(NC(=O)N[C@@H](C)CCc2cccn2C)cc1OC. The van der Waals surface area contributed by atoms with Gasteiger partial charge in [0.15, 0.2) is 11.5 Å². The van der Waals surface area contributed by atoms with Gasteiger partial charge in [0, 0.05) is 36.7 Å². The van der Waals surface area contributed by atoms with Crippen molar-refractivity contribution in [2.45, 2.75) is 25.8 Å². The number of anilines is 1. The monoisotopic (exact) mass is 331 g/mol. The predicted octanol–water partition coefficient (Wildman–Crippen LogP) is 3.19. The highest BCUT2D eigenvalue weighted by Crippen LogP contribution is 2.29. The maximum Gasteiger partial charge on any atom is 0.319 e. The molecule has 0 fully saturated rings. The number of aryl methyl sites for hydroxylation is 2. The second-order valence-corrected chi connectivity index (χ2v) is 5.72. The minimum Gasteiger partial charge on any atom is -0.493 e. The molecule has 0 aliphatic heterocycles. The molecule has 0 spiro atoms. The lowest BCUT2D eigenvalue weighted by atomic mass is 10.1. The van der Waals surface area contributed by atoms with Gasteiger partial charge in [0.05, 0.1) is 14.2 Å². The maximum absolute atomic E-state index is 12.1. The molecule has 0 saturated carbocycles. The Balaban J connectivity index is 1.85. The number of ether oxygens (including phenoxy) is 2. The van der Waals surface area contributed by atoms with Crippen LogP contribution in [0.25, 0.3) is 0 Å². The number of carbonyl (C=O) groups is 1. The molecule has 2 aromatic rings. The molecule has 1 heterocycles.